The first-order chi connectivity index (χ1) is 15.4. The predicted octanol–water partition coefficient (Wildman–Crippen LogP) is 3.73. The highest BCUT2D eigenvalue weighted by Crippen LogP contribution is 2.24. The van der Waals surface area contributed by atoms with Gasteiger partial charge in [0.15, 0.2) is 0 Å². The Labute approximate surface area is 198 Å². The molecule has 0 spiro atoms. The molecule has 8 heteroatoms. The van der Waals surface area contributed by atoms with Gasteiger partial charge in [-0.05, 0) is 38.1 Å². The summed E-state index contributed by atoms with van der Waals surface area (Å²) in [6, 6.07) is 15.2. The number of aromatic nitrogens is 2. The lowest BCUT2D eigenvalue weighted by Gasteiger charge is -2.15. The first-order valence-corrected chi connectivity index (χ1v) is 12.3. The van der Waals surface area contributed by atoms with Crippen LogP contribution in [-0.4, -0.2) is 10.5 Å². The van der Waals surface area contributed by atoms with E-state index < -0.39 is 0 Å². The molecule has 0 bridgehead atoms. The number of carbonyl (C=O) groups is 1. The van der Waals surface area contributed by atoms with Gasteiger partial charge in [0.1, 0.15) is 20.4 Å². The van der Waals surface area contributed by atoms with Crippen molar-refractivity contribution >= 4 is 68.4 Å². The molecule has 5 nitrogen and oxygen atoms in total. The van der Waals surface area contributed by atoms with Crippen molar-refractivity contribution in [3.05, 3.63) is 78.1 Å². The number of rotatable bonds is 5. The fraction of sp³-hybridized carbons (Fsp3) is 0.208. The molecule has 2 aromatic carbocycles. The van der Waals surface area contributed by atoms with Gasteiger partial charge in [0.05, 0.1) is 6.08 Å². The topological polar surface area (TPSA) is 46.2 Å². The third-order valence-corrected chi connectivity index (χ3v) is 7.52. The number of para-hydroxylation sites is 1. The smallest absolute Gasteiger partial charge is 0.270 e. The molecule has 0 saturated heterocycles. The molecule has 4 rings (SSSR count). The fourth-order valence-electron chi connectivity index (χ4n) is 3.60. The van der Waals surface area contributed by atoms with Crippen molar-refractivity contribution in [2.45, 2.75) is 33.9 Å². The van der Waals surface area contributed by atoms with Crippen LogP contribution in [0.15, 0.2) is 53.3 Å². The molecular formula is C24H23ClN3O2S2+. The number of hydrogen-bond donors (Lipinski definition) is 0. The van der Waals surface area contributed by atoms with E-state index in [-0.39, 0.29) is 11.5 Å². The SMILES string of the molecule is CCn1c(=O)/c(=C\N(C(C)=O)c2ccccc2)s/c1=C\c1sc2ccc(Cl)cc2[n+]1CC. The number of thiazole rings is 2. The van der Waals surface area contributed by atoms with E-state index in [1.54, 1.807) is 22.1 Å². The average Bonchev–Trinajstić information content (AvgIpc) is 3.27. The van der Waals surface area contributed by atoms with Crippen LogP contribution in [-0.2, 0) is 17.9 Å². The van der Waals surface area contributed by atoms with Crippen molar-refractivity contribution < 1.29 is 9.36 Å². The van der Waals surface area contributed by atoms with E-state index in [4.69, 9.17) is 11.6 Å². The molecule has 0 atom stereocenters. The molecule has 0 fully saturated rings. The van der Waals surface area contributed by atoms with Crippen molar-refractivity contribution in [2.75, 3.05) is 4.90 Å². The number of nitrogens with zero attached hydrogens (tertiary/aromatic N) is 3. The molecular weight excluding hydrogens is 462 g/mol. The van der Waals surface area contributed by atoms with Gasteiger partial charge in [-0.25, -0.2) is 0 Å². The number of amides is 1. The molecule has 0 saturated carbocycles. The number of hydrogen-bond acceptors (Lipinski definition) is 4. The Morgan fingerprint density at radius 3 is 2.56 bits per heavy atom. The van der Waals surface area contributed by atoms with Crippen molar-refractivity contribution in [1.29, 1.82) is 0 Å². The van der Waals surface area contributed by atoms with Crippen LogP contribution in [0.5, 0.6) is 0 Å². The lowest BCUT2D eigenvalue weighted by molar-refractivity contribution is -0.665. The summed E-state index contributed by atoms with van der Waals surface area (Å²) in [4.78, 5) is 26.9. The summed E-state index contributed by atoms with van der Waals surface area (Å²) in [5.74, 6) is -0.150. The van der Waals surface area contributed by atoms with E-state index in [2.05, 4.69) is 17.6 Å². The lowest BCUT2D eigenvalue weighted by atomic mass is 10.3. The molecule has 164 valence electrons. The molecule has 0 aliphatic rings. The highest BCUT2D eigenvalue weighted by molar-refractivity contribution is 7.19. The number of carbonyl (C=O) groups excluding carboxylic acids is 1. The Bertz CT molecular complexity index is 1470. The summed E-state index contributed by atoms with van der Waals surface area (Å²) in [5.41, 5.74) is 1.71. The minimum atomic E-state index is -0.150. The van der Waals surface area contributed by atoms with Gasteiger partial charge in [-0.2, -0.15) is 4.57 Å². The molecule has 0 aliphatic heterocycles. The largest absolute Gasteiger partial charge is 0.299 e. The number of anilines is 1. The highest BCUT2D eigenvalue weighted by atomic mass is 35.5. The van der Waals surface area contributed by atoms with Gasteiger partial charge >= 0.3 is 0 Å². The van der Waals surface area contributed by atoms with Gasteiger partial charge in [-0.15, -0.1) is 11.3 Å². The molecule has 0 aliphatic carbocycles. The number of aryl methyl sites for hydroxylation is 1. The van der Waals surface area contributed by atoms with E-state index in [0.29, 0.717) is 16.1 Å². The Morgan fingerprint density at radius 1 is 1.16 bits per heavy atom. The Hall–Kier alpha value is -2.74. The maximum Gasteiger partial charge on any atom is 0.270 e. The maximum atomic E-state index is 13.1. The minimum absolute atomic E-state index is 0.0989. The van der Waals surface area contributed by atoms with Gasteiger partial charge in [-0.3, -0.25) is 19.1 Å². The fourth-order valence-corrected chi connectivity index (χ4v) is 6.06. The first-order valence-electron chi connectivity index (χ1n) is 10.3. The van der Waals surface area contributed by atoms with Crippen LogP contribution < -0.4 is 24.2 Å². The molecule has 0 unspecified atom stereocenters. The quantitative estimate of drug-likeness (QED) is 0.405. The number of halogens is 1. The van der Waals surface area contributed by atoms with Crippen LogP contribution in [0.4, 0.5) is 5.69 Å². The molecule has 0 N–H and O–H groups in total. The zero-order valence-corrected chi connectivity index (χ0v) is 20.4. The zero-order valence-electron chi connectivity index (χ0n) is 18.0. The van der Waals surface area contributed by atoms with Gasteiger partial charge in [0.2, 0.25) is 11.4 Å². The maximum absolute atomic E-state index is 13.1. The van der Waals surface area contributed by atoms with Crippen LogP contribution in [0, 0.1) is 0 Å². The van der Waals surface area contributed by atoms with Gasteiger partial charge in [0, 0.05) is 36.4 Å². The van der Waals surface area contributed by atoms with E-state index in [0.717, 1.165) is 32.1 Å². The third-order valence-electron chi connectivity index (χ3n) is 5.13. The lowest BCUT2D eigenvalue weighted by Crippen LogP contribution is -2.35. The van der Waals surface area contributed by atoms with Gasteiger partial charge in [0.25, 0.3) is 10.6 Å². The second kappa shape index (κ2) is 9.40. The van der Waals surface area contributed by atoms with Crippen LogP contribution in [0.3, 0.4) is 0 Å². The molecule has 4 aromatic rings. The highest BCUT2D eigenvalue weighted by Gasteiger charge is 2.18. The Balaban J connectivity index is 1.91. The molecule has 2 heterocycles. The minimum Gasteiger partial charge on any atom is -0.299 e. The molecule has 2 aromatic heterocycles. The van der Waals surface area contributed by atoms with Crippen LogP contribution in [0.25, 0.3) is 22.5 Å². The van der Waals surface area contributed by atoms with Crippen molar-refractivity contribution in [3.8, 4) is 0 Å². The monoisotopic (exact) mass is 484 g/mol. The summed E-state index contributed by atoms with van der Waals surface area (Å²) in [5, 5.41) is 1.75. The number of fused-ring (bicyclic) bond motifs is 1. The summed E-state index contributed by atoms with van der Waals surface area (Å²) < 4.78 is 6.45. The molecule has 0 radical (unpaired) electrons. The standard InChI is InChI=1S/C24H23ClN3O2S2/c1-4-26-19-13-17(25)11-12-20(19)31-22(26)14-23-27(5-2)24(30)21(32-23)15-28(16(3)29)18-9-7-6-8-10-18/h6-15H,4-5H2,1-3H3/q+1/b21-15+. The normalized spacial score (nSPS) is 12.6. The summed E-state index contributed by atoms with van der Waals surface area (Å²) in [6.07, 6.45) is 3.70. The van der Waals surface area contributed by atoms with Crippen LogP contribution >= 0.6 is 34.3 Å². The van der Waals surface area contributed by atoms with Crippen molar-refractivity contribution in [3.63, 3.8) is 0 Å². The summed E-state index contributed by atoms with van der Waals surface area (Å²) in [6.45, 7) is 6.88. The Kier molecular flexibility index (Phi) is 6.60. The van der Waals surface area contributed by atoms with E-state index >= 15 is 0 Å². The van der Waals surface area contributed by atoms with Crippen molar-refractivity contribution in [1.82, 2.24) is 4.57 Å². The first kappa shape index (κ1) is 22.5. The second-order valence-corrected chi connectivity index (χ2v) is 9.71. The summed E-state index contributed by atoms with van der Waals surface area (Å²) in [7, 11) is 0. The average molecular weight is 485 g/mol. The Morgan fingerprint density at radius 2 is 1.91 bits per heavy atom. The second-order valence-electron chi connectivity index (χ2n) is 7.15. The van der Waals surface area contributed by atoms with E-state index in [9.17, 15) is 9.59 Å². The van der Waals surface area contributed by atoms with Crippen molar-refractivity contribution in [2.24, 2.45) is 0 Å². The number of benzene rings is 2. The van der Waals surface area contributed by atoms with Crippen LogP contribution in [0.2, 0.25) is 5.02 Å². The zero-order chi connectivity index (χ0) is 22.8. The van der Waals surface area contributed by atoms with E-state index in [1.807, 2.05) is 55.5 Å². The molecule has 1 amide bonds. The van der Waals surface area contributed by atoms with E-state index in [1.165, 1.54) is 23.2 Å². The van der Waals surface area contributed by atoms with Gasteiger partial charge in [-0.1, -0.05) is 41.1 Å². The summed E-state index contributed by atoms with van der Waals surface area (Å²) >= 11 is 9.27. The predicted molar refractivity (Wildman–Crippen MR) is 134 cm³/mol. The molecule has 32 heavy (non-hydrogen) atoms. The third kappa shape index (κ3) is 4.28. The van der Waals surface area contributed by atoms with Crippen LogP contribution in [0.1, 0.15) is 25.8 Å². The van der Waals surface area contributed by atoms with Gasteiger partial charge < -0.3 is 0 Å².